The molecule has 0 aliphatic heterocycles. The van der Waals surface area contributed by atoms with Crippen molar-refractivity contribution in [2.24, 2.45) is 0 Å². The van der Waals surface area contributed by atoms with Gasteiger partial charge in [0.2, 0.25) is 5.41 Å². The molecular weight excluding hydrogens is 388 g/mol. The Hall–Kier alpha value is -2.62. The number of benzene rings is 2. The number of hydrogen-bond donors (Lipinski definition) is 2. The normalized spacial score (nSPS) is 14.8. The molecule has 2 aromatic rings. The lowest BCUT2D eigenvalue weighted by Gasteiger charge is -2.30. The Labute approximate surface area is 185 Å². The lowest BCUT2D eigenvalue weighted by Crippen LogP contribution is -2.44. The summed E-state index contributed by atoms with van der Waals surface area (Å²) in [6.07, 6.45) is 1.31. The Morgan fingerprint density at radius 2 is 1.35 bits per heavy atom. The van der Waals surface area contributed by atoms with E-state index in [4.69, 9.17) is 0 Å². The third-order valence-electron chi connectivity index (χ3n) is 6.66. The van der Waals surface area contributed by atoms with Gasteiger partial charge in [0.25, 0.3) is 0 Å². The largest absolute Gasteiger partial charge is 0.480 e. The van der Waals surface area contributed by atoms with Gasteiger partial charge in [-0.1, -0.05) is 73.6 Å². The molecule has 4 nitrogen and oxygen atoms in total. The van der Waals surface area contributed by atoms with E-state index in [0.29, 0.717) is 17.5 Å². The van der Waals surface area contributed by atoms with E-state index in [9.17, 15) is 19.8 Å². The molecule has 3 rings (SSSR count). The molecule has 0 fully saturated rings. The highest BCUT2D eigenvalue weighted by atomic mass is 16.4. The van der Waals surface area contributed by atoms with Crippen molar-refractivity contribution in [2.45, 2.75) is 84.5 Å². The minimum Gasteiger partial charge on any atom is -0.480 e. The topological polar surface area (TPSA) is 74.6 Å². The first-order chi connectivity index (χ1) is 14.2. The summed E-state index contributed by atoms with van der Waals surface area (Å²) < 4.78 is 0. The molecule has 31 heavy (non-hydrogen) atoms. The molecule has 0 amide bonds. The number of aliphatic carboxylic acids is 2. The molecule has 0 aromatic heterocycles. The van der Waals surface area contributed by atoms with Crippen molar-refractivity contribution in [1.29, 1.82) is 0 Å². The van der Waals surface area contributed by atoms with Crippen LogP contribution in [0.25, 0.3) is 11.1 Å². The zero-order chi connectivity index (χ0) is 23.5. The average molecular weight is 423 g/mol. The standard InChI is InChI=1S/C27H34O4/c1-9-16-17(10-2)22-19(14-21(16)26(6,7)8)18-13-15(25(3,4)5)11-12-20(18)27(22,23(28)29)24(30)31/h11-14H,9-10H2,1-8H3,(H,28,29)(H,30,31). The molecule has 2 N–H and O–H groups in total. The maximum absolute atomic E-state index is 12.7. The maximum Gasteiger partial charge on any atom is 0.330 e. The Balaban J connectivity index is 2.61. The highest BCUT2D eigenvalue weighted by molar-refractivity contribution is 6.15. The van der Waals surface area contributed by atoms with Gasteiger partial charge in [0.1, 0.15) is 0 Å². The van der Waals surface area contributed by atoms with Gasteiger partial charge in [-0.3, -0.25) is 9.59 Å². The molecule has 0 heterocycles. The minimum absolute atomic E-state index is 0.142. The summed E-state index contributed by atoms with van der Waals surface area (Å²) in [6.45, 7) is 16.8. The fourth-order valence-corrected chi connectivity index (χ4v) is 5.11. The van der Waals surface area contributed by atoms with Crippen LogP contribution in [0.5, 0.6) is 0 Å². The Morgan fingerprint density at radius 3 is 1.77 bits per heavy atom. The van der Waals surface area contributed by atoms with E-state index in [-0.39, 0.29) is 10.8 Å². The molecule has 1 aliphatic rings. The predicted octanol–water partition coefficient (Wildman–Crippen LogP) is 5.84. The summed E-state index contributed by atoms with van der Waals surface area (Å²) in [4.78, 5) is 25.5. The van der Waals surface area contributed by atoms with Crippen LogP contribution in [-0.4, -0.2) is 22.2 Å². The number of fused-ring (bicyclic) bond motifs is 3. The summed E-state index contributed by atoms with van der Waals surface area (Å²) in [5, 5.41) is 20.8. The van der Waals surface area contributed by atoms with Gasteiger partial charge < -0.3 is 10.2 Å². The van der Waals surface area contributed by atoms with E-state index in [1.54, 1.807) is 6.07 Å². The van der Waals surface area contributed by atoms with Crippen molar-refractivity contribution in [3.05, 3.63) is 57.6 Å². The molecule has 0 unspecified atom stereocenters. The smallest absolute Gasteiger partial charge is 0.330 e. The third kappa shape index (κ3) is 3.19. The second-order valence-corrected chi connectivity index (χ2v) is 10.6. The van der Waals surface area contributed by atoms with Crippen molar-refractivity contribution in [3.8, 4) is 11.1 Å². The first kappa shape index (κ1) is 23.1. The molecule has 0 radical (unpaired) electrons. The van der Waals surface area contributed by atoms with Gasteiger partial charge in [0.05, 0.1) is 0 Å². The van der Waals surface area contributed by atoms with Crippen molar-refractivity contribution in [3.63, 3.8) is 0 Å². The van der Waals surface area contributed by atoms with E-state index < -0.39 is 17.4 Å². The monoisotopic (exact) mass is 422 g/mol. The Bertz CT molecular complexity index is 1060. The van der Waals surface area contributed by atoms with Crippen molar-refractivity contribution < 1.29 is 19.8 Å². The fourth-order valence-electron chi connectivity index (χ4n) is 5.11. The van der Waals surface area contributed by atoms with E-state index >= 15 is 0 Å². The summed E-state index contributed by atoms with van der Waals surface area (Å²) in [6, 6.07) is 7.66. The van der Waals surface area contributed by atoms with E-state index in [2.05, 4.69) is 54.5 Å². The van der Waals surface area contributed by atoms with Crippen LogP contribution in [0.15, 0.2) is 24.3 Å². The lowest BCUT2D eigenvalue weighted by atomic mass is 9.72. The number of hydrogen-bond acceptors (Lipinski definition) is 2. The van der Waals surface area contributed by atoms with Gasteiger partial charge in [-0.05, 0) is 74.2 Å². The van der Waals surface area contributed by atoms with Crippen LogP contribution >= 0.6 is 0 Å². The number of carbonyl (C=O) groups is 2. The summed E-state index contributed by atoms with van der Waals surface area (Å²) in [5.74, 6) is -2.66. The molecule has 166 valence electrons. The maximum atomic E-state index is 12.7. The van der Waals surface area contributed by atoms with Crippen LogP contribution in [0.4, 0.5) is 0 Å². The highest BCUT2D eigenvalue weighted by Gasteiger charge is 2.57. The quantitative estimate of drug-likeness (QED) is 0.607. The summed E-state index contributed by atoms with van der Waals surface area (Å²) in [5.41, 5.74) is 4.06. The van der Waals surface area contributed by atoms with Crippen LogP contribution in [0, 0.1) is 0 Å². The zero-order valence-corrected chi connectivity index (χ0v) is 19.9. The van der Waals surface area contributed by atoms with E-state index in [0.717, 1.165) is 39.8 Å². The summed E-state index contributed by atoms with van der Waals surface area (Å²) >= 11 is 0. The summed E-state index contributed by atoms with van der Waals surface area (Å²) in [7, 11) is 0. The van der Waals surface area contributed by atoms with Gasteiger partial charge in [-0.15, -0.1) is 0 Å². The van der Waals surface area contributed by atoms with Crippen LogP contribution in [0.3, 0.4) is 0 Å². The van der Waals surface area contributed by atoms with Crippen molar-refractivity contribution in [2.75, 3.05) is 0 Å². The van der Waals surface area contributed by atoms with Crippen LogP contribution < -0.4 is 0 Å². The molecule has 0 atom stereocenters. The Morgan fingerprint density at radius 1 is 0.806 bits per heavy atom. The molecule has 4 heteroatoms. The van der Waals surface area contributed by atoms with Gasteiger partial charge in [0.15, 0.2) is 0 Å². The van der Waals surface area contributed by atoms with E-state index in [1.165, 1.54) is 0 Å². The fraction of sp³-hybridized carbons (Fsp3) is 0.481. The second-order valence-electron chi connectivity index (χ2n) is 10.6. The molecule has 0 bridgehead atoms. The number of rotatable bonds is 4. The van der Waals surface area contributed by atoms with Crippen molar-refractivity contribution in [1.82, 2.24) is 0 Å². The number of carboxylic acid groups (broad SMARTS) is 2. The zero-order valence-electron chi connectivity index (χ0n) is 19.9. The first-order valence-corrected chi connectivity index (χ1v) is 11.0. The lowest BCUT2D eigenvalue weighted by molar-refractivity contribution is -0.155. The highest BCUT2D eigenvalue weighted by Crippen LogP contribution is 2.54. The van der Waals surface area contributed by atoms with Gasteiger partial charge in [0, 0.05) is 0 Å². The van der Waals surface area contributed by atoms with Crippen molar-refractivity contribution >= 4 is 11.9 Å². The minimum atomic E-state index is -2.09. The van der Waals surface area contributed by atoms with Crippen LogP contribution in [-0.2, 0) is 38.7 Å². The van der Waals surface area contributed by atoms with Crippen LogP contribution in [0.2, 0.25) is 0 Å². The second kappa shape index (κ2) is 7.22. The predicted molar refractivity (Wildman–Crippen MR) is 124 cm³/mol. The molecular formula is C27H34O4. The van der Waals surface area contributed by atoms with Gasteiger partial charge in [-0.2, -0.15) is 0 Å². The first-order valence-electron chi connectivity index (χ1n) is 11.0. The SMILES string of the molecule is CCc1c(C(C)(C)C)cc2c(c1CC)C(C(=O)O)(C(=O)O)c1ccc(C(C)(C)C)cc1-2. The molecule has 0 saturated heterocycles. The molecule has 1 aliphatic carbocycles. The van der Waals surface area contributed by atoms with Crippen LogP contribution in [0.1, 0.15) is 88.8 Å². The average Bonchev–Trinajstić information content (AvgIpc) is 2.95. The van der Waals surface area contributed by atoms with Gasteiger partial charge in [-0.25, -0.2) is 0 Å². The molecule has 0 saturated carbocycles. The Kier molecular flexibility index (Phi) is 5.37. The number of carboxylic acids is 2. The van der Waals surface area contributed by atoms with Gasteiger partial charge >= 0.3 is 11.9 Å². The molecule has 0 spiro atoms. The molecule has 2 aromatic carbocycles. The van der Waals surface area contributed by atoms with E-state index in [1.807, 2.05) is 19.1 Å². The third-order valence-corrected chi connectivity index (χ3v) is 6.66.